The van der Waals surface area contributed by atoms with E-state index in [0.717, 1.165) is 16.9 Å². The number of carboxylic acid groups (broad SMARTS) is 1. The van der Waals surface area contributed by atoms with E-state index in [1.165, 1.54) is 6.20 Å². The molecule has 1 aromatic heterocycles. The molecule has 1 heterocycles. The number of carbonyl (C=O) groups is 2. The van der Waals surface area contributed by atoms with Crippen molar-refractivity contribution in [3.8, 4) is 5.69 Å². The Morgan fingerprint density at radius 1 is 1.27 bits per heavy atom. The molecule has 0 radical (unpaired) electrons. The summed E-state index contributed by atoms with van der Waals surface area (Å²) in [5.74, 6) is -1.44. The summed E-state index contributed by atoms with van der Waals surface area (Å²) in [5, 5.41) is 15.3. The first-order valence-corrected chi connectivity index (χ1v) is 7.05. The number of rotatable bonds is 5. The summed E-state index contributed by atoms with van der Waals surface area (Å²) in [6.45, 7) is 5.53. The summed E-state index contributed by atoms with van der Waals surface area (Å²) in [6.07, 6.45) is 1.48. The highest BCUT2D eigenvalue weighted by Crippen LogP contribution is 2.23. The molecule has 0 atom stereocenters. The number of aliphatic carboxylic acids is 1. The molecule has 2 rings (SSSR count). The van der Waals surface area contributed by atoms with Gasteiger partial charge in [-0.15, -0.1) is 0 Å². The van der Waals surface area contributed by atoms with Gasteiger partial charge in [0.25, 0.3) is 5.91 Å². The number of aromatic nitrogens is 2. The third-order valence-electron chi connectivity index (χ3n) is 3.28. The van der Waals surface area contributed by atoms with Gasteiger partial charge < -0.3 is 10.4 Å². The third kappa shape index (κ3) is 3.33. The molecule has 6 heteroatoms. The van der Waals surface area contributed by atoms with E-state index in [0.29, 0.717) is 5.56 Å². The average Bonchev–Trinajstić information content (AvgIpc) is 2.90. The van der Waals surface area contributed by atoms with Crippen LogP contribution in [0.4, 0.5) is 0 Å². The first-order valence-electron chi connectivity index (χ1n) is 7.05. The zero-order valence-corrected chi connectivity index (χ0v) is 12.8. The number of amides is 1. The third-order valence-corrected chi connectivity index (χ3v) is 3.28. The van der Waals surface area contributed by atoms with E-state index in [9.17, 15) is 9.59 Å². The van der Waals surface area contributed by atoms with Crippen LogP contribution < -0.4 is 5.32 Å². The Labute approximate surface area is 128 Å². The van der Waals surface area contributed by atoms with Gasteiger partial charge in [0.05, 0.1) is 23.1 Å². The standard InChI is InChI=1S/C16H19N3O3/c1-10(2)15-13(16(22)17-9-14(20)21)8-18-19(15)12-6-4-11(3)5-7-12/h4-8,10H,9H2,1-3H3,(H,17,22)(H,20,21). The number of benzene rings is 1. The molecule has 0 aliphatic carbocycles. The first kappa shape index (κ1) is 15.8. The lowest BCUT2D eigenvalue weighted by atomic mass is 10.0. The van der Waals surface area contributed by atoms with Crippen molar-refractivity contribution in [3.05, 3.63) is 47.3 Å². The normalized spacial score (nSPS) is 10.7. The van der Waals surface area contributed by atoms with Crippen molar-refractivity contribution in [2.45, 2.75) is 26.7 Å². The summed E-state index contributed by atoms with van der Waals surface area (Å²) < 4.78 is 1.72. The zero-order valence-electron chi connectivity index (χ0n) is 12.8. The Bertz CT molecular complexity index is 687. The molecule has 2 aromatic rings. The highest BCUT2D eigenvalue weighted by atomic mass is 16.4. The number of nitrogens with zero attached hydrogens (tertiary/aromatic N) is 2. The zero-order chi connectivity index (χ0) is 16.3. The molecule has 0 fully saturated rings. The van der Waals surface area contributed by atoms with Gasteiger partial charge in [0.2, 0.25) is 0 Å². The van der Waals surface area contributed by atoms with Crippen molar-refractivity contribution in [1.82, 2.24) is 15.1 Å². The fraction of sp³-hybridized carbons (Fsp3) is 0.312. The van der Waals surface area contributed by atoms with Crippen LogP contribution in [0.2, 0.25) is 0 Å². The highest BCUT2D eigenvalue weighted by Gasteiger charge is 2.21. The molecule has 0 aliphatic rings. The molecule has 6 nitrogen and oxygen atoms in total. The van der Waals surface area contributed by atoms with Crippen molar-refractivity contribution in [3.63, 3.8) is 0 Å². The van der Waals surface area contributed by atoms with Gasteiger partial charge in [-0.3, -0.25) is 9.59 Å². The van der Waals surface area contributed by atoms with Gasteiger partial charge in [-0.1, -0.05) is 31.5 Å². The second-order valence-electron chi connectivity index (χ2n) is 5.42. The van der Waals surface area contributed by atoms with Crippen LogP contribution in [0.3, 0.4) is 0 Å². The van der Waals surface area contributed by atoms with Crippen LogP contribution in [0.5, 0.6) is 0 Å². The van der Waals surface area contributed by atoms with Crippen LogP contribution in [0.15, 0.2) is 30.5 Å². The predicted octanol–water partition coefficient (Wildman–Crippen LogP) is 2.12. The minimum Gasteiger partial charge on any atom is -0.480 e. The van der Waals surface area contributed by atoms with E-state index >= 15 is 0 Å². The quantitative estimate of drug-likeness (QED) is 0.886. The van der Waals surface area contributed by atoms with E-state index in [1.54, 1.807) is 4.68 Å². The molecule has 1 aromatic carbocycles. The van der Waals surface area contributed by atoms with E-state index in [4.69, 9.17) is 5.11 Å². The van der Waals surface area contributed by atoms with Crippen LogP contribution >= 0.6 is 0 Å². The van der Waals surface area contributed by atoms with Crippen molar-refractivity contribution in [2.75, 3.05) is 6.54 Å². The van der Waals surface area contributed by atoms with Crippen LogP contribution in [-0.2, 0) is 4.79 Å². The summed E-state index contributed by atoms with van der Waals surface area (Å²) in [4.78, 5) is 22.7. The van der Waals surface area contributed by atoms with Crippen LogP contribution in [0.25, 0.3) is 5.69 Å². The van der Waals surface area contributed by atoms with Crippen LogP contribution in [0, 0.1) is 6.92 Å². The number of carbonyl (C=O) groups excluding carboxylic acids is 1. The fourth-order valence-electron chi connectivity index (χ4n) is 2.23. The Morgan fingerprint density at radius 2 is 1.91 bits per heavy atom. The van der Waals surface area contributed by atoms with Gasteiger partial charge in [0, 0.05) is 0 Å². The van der Waals surface area contributed by atoms with Gasteiger partial charge in [-0.2, -0.15) is 5.10 Å². The van der Waals surface area contributed by atoms with E-state index in [1.807, 2.05) is 45.0 Å². The molecule has 0 saturated heterocycles. The topological polar surface area (TPSA) is 84.2 Å². The molecule has 116 valence electrons. The first-order chi connectivity index (χ1) is 10.4. The second-order valence-corrected chi connectivity index (χ2v) is 5.42. The molecule has 0 aliphatic heterocycles. The minimum absolute atomic E-state index is 0.0642. The average molecular weight is 301 g/mol. The van der Waals surface area contributed by atoms with Gasteiger partial charge >= 0.3 is 5.97 Å². The number of nitrogens with one attached hydrogen (secondary N) is 1. The van der Waals surface area contributed by atoms with Gasteiger partial charge in [-0.05, 0) is 25.0 Å². The van der Waals surface area contributed by atoms with Crippen molar-refractivity contribution >= 4 is 11.9 Å². The van der Waals surface area contributed by atoms with Gasteiger partial charge in [0.1, 0.15) is 6.54 Å². The summed E-state index contributed by atoms with van der Waals surface area (Å²) in [7, 11) is 0. The Balaban J connectivity index is 2.39. The Kier molecular flexibility index (Phi) is 4.60. The number of hydrogen-bond donors (Lipinski definition) is 2. The van der Waals surface area contributed by atoms with Gasteiger partial charge in [0.15, 0.2) is 0 Å². The summed E-state index contributed by atoms with van der Waals surface area (Å²) in [5.41, 5.74) is 3.16. The molecule has 0 spiro atoms. The molecule has 0 unspecified atom stereocenters. The molecule has 2 N–H and O–H groups in total. The SMILES string of the molecule is Cc1ccc(-n2ncc(C(=O)NCC(=O)O)c2C(C)C)cc1. The minimum atomic E-state index is -1.08. The van der Waals surface area contributed by atoms with E-state index < -0.39 is 18.4 Å². The molecule has 1 amide bonds. The molecular formula is C16H19N3O3. The maximum absolute atomic E-state index is 12.1. The lowest BCUT2D eigenvalue weighted by Gasteiger charge is -2.13. The largest absolute Gasteiger partial charge is 0.480 e. The fourth-order valence-corrected chi connectivity index (χ4v) is 2.23. The Morgan fingerprint density at radius 3 is 2.45 bits per heavy atom. The lowest BCUT2D eigenvalue weighted by Crippen LogP contribution is -2.30. The van der Waals surface area contributed by atoms with E-state index in [2.05, 4.69) is 10.4 Å². The Hall–Kier alpha value is -2.63. The summed E-state index contributed by atoms with van der Waals surface area (Å²) >= 11 is 0. The maximum atomic E-state index is 12.1. The molecule has 22 heavy (non-hydrogen) atoms. The van der Waals surface area contributed by atoms with Crippen LogP contribution in [-0.4, -0.2) is 33.3 Å². The number of carboxylic acids is 1. The second kappa shape index (κ2) is 6.43. The van der Waals surface area contributed by atoms with Crippen molar-refractivity contribution in [1.29, 1.82) is 0 Å². The highest BCUT2D eigenvalue weighted by molar-refractivity contribution is 5.96. The smallest absolute Gasteiger partial charge is 0.322 e. The molecular weight excluding hydrogens is 282 g/mol. The number of hydrogen-bond acceptors (Lipinski definition) is 3. The summed E-state index contributed by atoms with van der Waals surface area (Å²) in [6, 6.07) is 7.83. The lowest BCUT2D eigenvalue weighted by molar-refractivity contribution is -0.135. The maximum Gasteiger partial charge on any atom is 0.322 e. The van der Waals surface area contributed by atoms with E-state index in [-0.39, 0.29) is 5.92 Å². The van der Waals surface area contributed by atoms with Crippen molar-refractivity contribution in [2.24, 2.45) is 0 Å². The van der Waals surface area contributed by atoms with Crippen molar-refractivity contribution < 1.29 is 14.7 Å². The van der Waals surface area contributed by atoms with Gasteiger partial charge in [-0.25, -0.2) is 4.68 Å². The molecule has 0 bridgehead atoms. The van der Waals surface area contributed by atoms with Crippen LogP contribution in [0.1, 0.15) is 41.4 Å². The molecule has 0 saturated carbocycles. The monoisotopic (exact) mass is 301 g/mol. The predicted molar refractivity (Wildman–Crippen MR) is 82.4 cm³/mol. The number of aryl methyl sites for hydroxylation is 1.